The van der Waals surface area contributed by atoms with Gasteiger partial charge >= 0.3 is 0 Å². The molecule has 4 nitrogen and oxygen atoms in total. The largest absolute Gasteiger partial charge is 0.383 e. The predicted octanol–water partition coefficient (Wildman–Crippen LogP) is 1.56. The van der Waals surface area contributed by atoms with Gasteiger partial charge in [-0.25, -0.2) is 0 Å². The van der Waals surface area contributed by atoms with Gasteiger partial charge in [0.2, 0.25) is 0 Å². The van der Waals surface area contributed by atoms with Gasteiger partial charge in [-0.3, -0.25) is 9.80 Å². The Bertz CT molecular complexity index is 248. The van der Waals surface area contributed by atoms with E-state index < -0.39 is 0 Å². The third-order valence-electron chi connectivity index (χ3n) is 4.78. The van der Waals surface area contributed by atoms with Gasteiger partial charge in [0.25, 0.3) is 0 Å². The summed E-state index contributed by atoms with van der Waals surface area (Å²) in [6, 6.07) is 1.38. The van der Waals surface area contributed by atoms with E-state index in [-0.39, 0.29) is 0 Å². The van der Waals surface area contributed by atoms with Crippen LogP contribution in [0.25, 0.3) is 0 Å². The number of rotatable bonds is 8. The van der Waals surface area contributed by atoms with E-state index in [4.69, 9.17) is 4.74 Å². The van der Waals surface area contributed by atoms with Crippen molar-refractivity contribution in [2.24, 2.45) is 0 Å². The highest BCUT2D eigenvalue weighted by molar-refractivity contribution is 4.83. The van der Waals surface area contributed by atoms with E-state index in [1.165, 1.54) is 58.3 Å². The first kappa shape index (κ1) is 16.2. The molecule has 0 spiro atoms. The summed E-state index contributed by atoms with van der Waals surface area (Å²) in [6.07, 6.45) is 6.95. The van der Waals surface area contributed by atoms with Gasteiger partial charge in [-0.2, -0.15) is 0 Å². The van der Waals surface area contributed by atoms with Gasteiger partial charge in [0, 0.05) is 51.9 Å². The average Bonchev–Trinajstić information content (AvgIpc) is 3.00. The van der Waals surface area contributed by atoms with E-state index in [0.29, 0.717) is 6.04 Å². The van der Waals surface area contributed by atoms with Crippen LogP contribution in [0, 0.1) is 0 Å². The number of ether oxygens (including phenoxy) is 1. The molecule has 0 bridgehead atoms. The van der Waals surface area contributed by atoms with Crippen LogP contribution in [0.3, 0.4) is 0 Å². The standard InChI is InChI=1S/C16H33N3O/c1-3-8-17-15(14-20-2)13-18-9-11-19(12-10-18)16-6-4-5-7-16/h15-17H,3-14H2,1-2H3. The molecule has 0 radical (unpaired) electrons. The molecule has 1 unspecified atom stereocenters. The van der Waals surface area contributed by atoms with Gasteiger partial charge in [-0.1, -0.05) is 19.8 Å². The third-order valence-corrected chi connectivity index (χ3v) is 4.78. The Morgan fingerprint density at radius 2 is 1.85 bits per heavy atom. The summed E-state index contributed by atoms with van der Waals surface area (Å²) in [5.74, 6) is 0. The summed E-state index contributed by atoms with van der Waals surface area (Å²) in [4.78, 5) is 5.34. The molecule has 0 aromatic rings. The van der Waals surface area contributed by atoms with Crippen molar-refractivity contribution in [2.75, 3.05) is 53.0 Å². The molecule has 1 aliphatic carbocycles. The Labute approximate surface area is 124 Å². The van der Waals surface area contributed by atoms with Gasteiger partial charge in [-0.05, 0) is 25.8 Å². The smallest absolute Gasteiger partial charge is 0.0628 e. The maximum Gasteiger partial charge on any atom is 0.0628 e. The summed E-state index contributed by atoms with van der Waals surface area (Å²) >= 11 is 0. The average molecular weight is 283 g/mol. The normalized spacial score (nSPS) is 24.3. The fourth-order valence-electron chi connectivity index (χ4n) is 3.62. The number of hydrogen-bond donors (Lipinski definition) is 1. The molecular weight excluding hydrogens is 250 g/mol. The van der Waals surface area contributed by atoms with Crippen LogP contribution < -0.4 is 5.32 Å². The van der Waals surface area contributed by atoms with E-state index in [0.717, 1.165) is 25.7 Å². The predicted molar refractivity (Wildman–Crippen MR) is 84.2 cm³/mol. The van der Waals surface area contributed by atoms with Crippen LogP contribution in [0.1, 0.15) is 39.0 Å². The van der Waals surface area contributed by atoms with Crippen LogP contribution in [-0.2, 0) is 4.74 Å². The topological polar surface area (TPSA) is 27.7 Å². The third kappa shape index (κ3) is 4.99. The highest BCUT2D eigenvalue weighted by atomic mass is 16.5. The zero-order valence-electron chi connectivity index (χ0n) is 13.4. The second-order valence-corrected chi connectivity index (χ2v) is 6.38. The van der Waals surface area contributed by atoms with Crippen LogP contribution >= 0.6 is 0 Å². The van der Waals surface area contributed by atoms with Crippen LogP contribution in [0.2, 0.25) is 0 Å². The van der Waals surface area contributed by atoms with Gasteiger partial charge in [-0.15, -0.1) is 0 Å². The zero-order valence-corrected chi connectivity index (χ0v) is 13.4. The molecular formula is C16H33N3O. The van der Waals surface area contributed by atoms with E-state index in [1.807, 2.05) is 0 Å². The minimum Gasteiger partial charge on any atom is -0.383 e. The summed E-state index contributed by atoms with van der Waals surface area (Å²) in [5, 5.41) is 3.60. The van der Waals surface area contributed by atoms with E-state index in [1.54, 1.807) is 7.11 Å². The van der Waals surface area contributed by atoms with Crippen molar-refractivity contribution < 1.29 is 4.74 Å². The lowest BCUT2D eigenvalue weighted by molar-refractivity contribution is 0.0776. The lowest BCUT2D eigenvalue weighted by Gasteiger charge is -2.39. The molecule has 1 heterocycles. The molecule has 2 rings (SSSR count). The van der Waals surface area contributed by atoms with Crippen molar-refractivity contribution in [3.8, 4) is 0 Å². The second kappa shape index (κ2) is 8.98. The Balaban J connectivity index is 1.68. The molecule has 1 N–H and O–H groups in total. The van der Waals surface area contributed by atoms with Crippen molar-refractivity contribution in [3.05, 3.63) is 0 Å². The van der Waals surface area contributed by atoms with Crippen molar-refractivity contribution in [1.29, 1.82) is 0 Å². The molecule has 2 aliphatic rings. The van der Waals surface area contributed by atoms with Crippen molar-refractivity contribution >= 4 is 0 Å². The van der Waals surface area contributed by atoms with E-state index >= 15 is 0 Å². The summed E-state index contributed by atoms with van der Waals surface area (Å²) in [5.41, 5.74) is 0. The highest BCUT2D eigenvalue weighted by Gasteiger charge is 2.26. The molecule has 20 heavy (non-hydrogen) atoms. The molecule has 118 valence electrons. The highest BCUT2D eigenvalue weighted by Crippen LogP contribution is 2.24. The molecule has 0 aromatic carbocycles. The minimum atomic E-state index is 0.484. The summed E-state index contributed by atoms with van der Waals surface area (Å²) < 4.78 is 5.35. The Morgan fingerprint density at radius 1 is 1.15 bits per heavy atom. The Hall–Kier alpha value is -0.160. The van der Waals surface area contributed by atoms with Crippen LogP contribution in [0.4, 0.5) is 0 Å². The van der Waals surface area contributed by atoms with Crippen LogP contribution in [0.15, 0.2) is 0 Å². The van der Waals surface area contributed by atoms with E-state index in [2.05, 4.69) is 22.0 Å². The SMILES string of the molecule is CCCNC(COC)CN1CCN(C2CCCC2)CC1. The molecule has 1 saturated carbocycles. The first-order valence-electron chi connectivity index (χ1n) is 8.52. The van der Waals surface area contributed by atoms with Gasteiger partial charge < -0.3 is 10.1 Å². The quantitative estimate of drug-likeness (QED) is 0.732. The van der Waals surface area contributed by atoms with Gasteiger partial charge in [0.15, 0.2) is 0 Å². The molecule has 1 atom stereocenters. The summed E-state index contributed by atoms with van der Waals surface area (Å²) in [6.45, 7) is 10.2. The first-order chi connectivity index (χ1) is 9.83. The van der Waals surface area contributed by atoms with Crippen molar-refractivity contribution in [3.63, 3.8) is 0 Å². The number of hydrogen-bond acceptors (Lipinski definition) is 4. The number of methoxy groups -OCH3 is 1. The van der Waals surface area contributed by atoms with Gasteiger partial charge in [0.05, 0.1) is 6.61 Å². The van der Waals surface area contributed by atoms with Crippen molar-refractivity contribution in [1.82, 2.24) is 15.1 Å². The molecule has 2 fully saturated rings. The maximum atomic E-state index is 5.35. The Kier molecular flexibility index (Phi) is 7.28. The zero-order chi connectivity index (χ0) is 14.2. The second-order valence-electron chi connectivity index (χ2n) is 6.38. The van der Waals surface area contributed by atoms with E-state index in [9.17, 15) is 0 Å². The fourth-order valence-corrected chi connectivity index (χ4v) is 3.62. The van der Waals surface area contributed by atoms with Gasteiger partial charge in [0.1, 0.15) is 0 Å². The molecule has 1 saturated heterocycles. The number of nitrogens with zero attached hydrogens (tertiary/aromatic N) is 2. The molecule has 0 amide bonds. The Morgan fingerprint density at radius 3 is 2.45 bits per heavy atom. The lowest BCUT2D eigenvalue weighted by Crippen LogP contribution is -2.53. The summed E-state index contributed by atoms with van der Waals surface area (Å²) in [7, 11) is 1.80. The number of piperazine rings is 1. The maximum absolute atomic E-state index is 5.35. The molecule has 1 aliphatic heterocycles. The fraction of sp³-hybridized carbons (Fsp3) is 1.00. The molecule has 4 heteroatoms. The molecule has 0 aromatic heterocycles. The first-order valence-corrected chi connectivity index (χ1v) is 8.52. The van der Waals surface area contributed by atoms with Crippen LogP contribution in [0.5, 0.6) is 0 Å². The van der Waals surface area contributed by atoms with Crippen molar-refractivity contribution in [2.45, 2.75) is 51.1 Å². The minimum absolute atomic E-state index is 0.484. The van der Waals surface area contributed by atoms with Crippen LogP contribution in [-0.4, -0.2) is 74.9 Å². The lowest BCUT2D eigenvalue weighted by atomic mass is 10.1. The number of nitrogens with one attached hydrogen (secondary N) is 1. The monoisotopic (exact) mass is 283 g/mol.